The third-order valence-electron chi connectivity index (χ3n) is 3.49. The Kier molecular flexibility index (Phi) is 4.13. The summed E-state index contributed by atoms with van der Waals surface area (Å²) in [5.41, 5.74) is 1.80. The fourth-order valence-electron chi connectivity index (χ4n) is 2.29. The molecule has 2 aromatic carbocycles. The maximum Gasteiger partial charge on any atom is 0.274 e. The lowest BCUT2D eigenvalue weighted by Crippen LogP contribution is -2.12. The van der Waals surface area contributed by atoms with Crippen LogP contribution in [-0.4, -0.2) is 22.9 Å². The molecule has 0 saturated carbocycles. The number of hydrogen-bond acceptors (Lipinski definition) is 6. The van der Waals surface area contributed by atoms with Crippen LogP contribution in [0.2, 0.25) is 0 Å². The van der Waals surface area contributed by atoms with Gasteiger partial charge in [0.25, 0.3) is 11.6 Å². The average molecular weight is 343 g/mol. The molecule has 0 saturated heterocycles. The smallest absolute Gasteiger partial charge is 0.274 e. The first-order valence-electron chi connectivity index (χ1n) is 6.99. The summed E-state index contributed by atoms with van der Waals surface area (Å²) < 4.78 is 5.74. The number of anilines is 1. The molecule has 1 heterocycles. The van der Waals surface area contributed by atoms with E-state index in [-0.39, 0.29) is 11.6 Å². The number of non-ortho nitro benzene ring substituents is 1. The van der Waals surface area contributed by atoms with Gasteiger partial charge in [0, 0.05) is 11.6 Å². The number of hydrogen-bond donors (Lipinski definition) is 1. The zero-order valence-corrected chi connectivity index (χ0v) is 13.7. The highest BCUT2D eigenvalue weighted by Crippen LogP contribution is 2.36. The zero-order chi connectivity index (χ0) is 17.3. The molecule has 0 aliphatic heterocycles. The highest BCUT2D eigenvalue weighted by Gasteiger charge is 2.18. The van der Waals surface area contributed by atoms with Crippen LogP contribution in [0.5, 0.6) is 5.75 Å². The minimum Gasteiger partial charge on any atom is -0.494 e. The second-order valence-electron chi connectivity index (χ2n) is 5.04. The normalized spacial score (nSPS) is 10.6. The minimum atomic E-state index is -0.493. The summed E-state index contributed by atoms with van der Waals surface area (Å²) in [6, 6.07) is 9.94. The van der Waals surface area contributed by atoms with E-state index in [0.717, 1.165) is 16.9 Å². The summed E-state index contributed by atoms with van der Waals surface area (Å²) in [6.07, 6.45) is 0. The van der Waals surface area contributed by atoms with E-state index < -0.39 is 4.92 Å². The molecule has 0 unspecified atom stereocenters. The van der Waals surface area contributed by atoms with Gasteiger partial charge < -0.3 is 4.74 Å². The lowest BCUT2D eigenvalue weighted by molar-refractivity contribution is -0.384. The van der Waals surface area contributed by atoms with Crippen LogP contribution in [0, 0.1) is 17.0 Å². The molecule has 3 rings (SSSR count). The van der Waals surface area contributed by atoms with E-state index in [9.17, 15) is 14.9 Å². The largest absolute Gasteiger partial charge is 0.494 e. The van der Waals surface area contributed by atoms with Crippen molar-refractivity contribution in [1.29, 1.82) is 0 Å². The van der Waals surface area contributed by atoms with Crippen molar-refractivity contribution < 1.29 is 14.5 Å². The van der Waals surface area contributed by atoms with Crippen molar-refractivity contribution in [3.63, 3.8) is 0 Å². The third kappa shape index (κ3) is 2.91. The number of carbonyl (C=O) groups excluding carboxylic acids is 1. The predicted octanol–water partition coefficient (Wildman–Crippen LogP) is 3.77. The van der Waals surface area contributed by atoms with Gasteiger partial charge in [-0.3, -0.25) is 20.2 Å². The second-order valence-corrected chi connectivity index (χ2v) is 6.07. The monoisotopic (exact) mass is 343 g/mol. The number of thiazole rings is 1. The second kappa shape index (κ2) is 6.25. The number of nitro groups is 1. The number of aryl methyl sites for hydroxylation is 1. The van der Waals surface area contributed by atoms with Crippen LogP contribution in [0.25, 0.3) is 10.2 Å². The fourth-order valence-corrected chi connectivity index (χ4v) is 3.20. The number of carbonyl (C=O) groups is 1. The molecule has 3 aromatic rings. The van der Waals surface area contributed by atoms with Crippen molar-refractivity contribution in [3.05, 3.63) is 57.6 Å². The number of ether oxygens (including phenoxy) is 1. The topological polar surface area (TPSA) is 94.4 Å². The number of methoxy groups -OCH3 is 1. The van der Waals surface area contributed by atoms with E-state index in [2.05, 4.69) is 10.3 Å². The van der Waals surface area contributed by atoms with E-state index in [1.807, 2.05) is 19.1 Å². The summed E-state index contributed by atoms with van der Waals surface area (Å²) in [6.45, 7) is 1.85. The molecular weight excluding hydrogens is 330 g/mol. The molecule has 1 aromatic heterocycles. The first kappa shape index (κ1) is 15.9. The highest BCUT2D eigenvalue weighted by molar-refractivity contribution is 7.22. The van der Waals surface area contributed by atoms with Crippen molar-refractivity contribution in [2.24, 2.45) is 0 Å². The summed E-state index contributed by atoms with van der Waals surface area (Å²) >= 11 is 1.16. The molecule has 1 amide bonds. The van der Waals surface area contributed by atoms with Crippen molar-refractivity contribution in [2.45, 2.75) is 6.92 Å². The summed E-state index contributed by atoms with van der Waals surface area (Å²) in [7, 11) is 1.42. The van der Waals surface area contributed by atoms with Crippen LogP contribution < -0.4 is 10.1 Å². The van der Waals surface area contributed by atoms with Gasteiger partial charge in [0.15, 0.2) is 10.9 Å². The lowest BCUT2D eigenvalue weighted by Gasteiger charge is -2.04. The number of fused-ring (bicyclic) bond motifs is 1. The van der Waals surface area contributed by atoms with Gasteiger partial charge in [0.05, 0.1) is 22.8 Å². The summed E-state index contributed by atoms with van der Waals surface area (Å²) in [4.78, 5) is 27.2. The number of nitrogens with one attached hydrogen (secondary N) is 1. The molecular formula is C16H13N3O4S. The standard InChI is InChI=1S/C16H13N3O4S/c1-9-5-3-4-6-11(9)15(20)18-16-17-14-12(23-2)7-10(19(21)22)8-13(14)24-16/h3-8H,1-2H3,(H,17,18,20). The van der Waals surface area contributed by atoms with E-state index in [0.29, 0.717) is 26.7 Å². The van der Waals surface area contributed by atoms with Crippen LogP contribution in [0.3, 0.4) is 0 Å². The van der Waals surface area contributed by atoms with Gasteiger partial charge in [-0.05, 0) is 18.6 Å². The highest BCUT2D eigenvalue weighted by atomic mass is 32.1. The Morgan fingerprint density at radius 3 is 2.75 bits per heavy atom. The number of nitrogens with zero attached hydrogens (tertiary/aromatic N) is 2. The SMILES string of the molecule is COc1cc([N+](=O)[O-])cc2sc(NC(=O)c3ccccc3C)nc12. The van der Waals surface area contributed by atoms with E-state index in [1.165, 1.54) is 19.2 Å². The Morgan fingerprint density at radius 2 is 2.08 bits per heavy atom. The number of nitro benzene ring substituents is 1. The number of rotatable bonds is 4. The van der Waals surface area contributed by atoms with Crippen LogP contribution in [0.15, 0.2) is 36.4 Å². The van der Waals surface area contributed by atoms with Gasteiger partial charge in [-0.2, -0.15) is 0 Å². The molecule has 0 bridgehead atoms. The molecule has 7 nitrogen and oxygen atoms in total. The Morgan fingerprint density at radius 1 is 1.33 bits per heavy atom. The first-order chi connectivity index (χ1) is 11.5. The molecule has 0 spiro atoms. The number of aromatic nitrogens is 1. The van der Waals surface area contributed by atoms with Crippen LogP contribution in [-0.2, 0) is 0 Å². The molecule has 0 atom stereocenters. The quantitative estimate of drug-likeness (QED) is 0.575. The fraction of sp³-hybridized carbons (Fsp3) is 0.125. The van der Waals surface area contributed by atoms with Gasteiger partial charge >= 0.3 is 0 Å². The van der Waals surface area contributed by atoms with Crippen LogP contribution in [0.1, 0.15) is 15.9 Å². The van der Waals surface area contributed by atoms with Gasteiger partial charge in [-0.1, -0.05) is 29.5 Å². The van der Waals surface area contributed by atoms with Gasteiger partial charge in [0.2, 0.25) is 0 Å². The molecule has 24 heavy (non-hydrogen) atoms. The number of amides is 1. The van der Waals surface area contributed by atoms with Crippen LogP contribution in [0.4, 0.5) is 10.8 Å². The van der Waals surface area contributed by atoms with Gasteiger partial charge in [0.1, 0.15) is 5.52 Å². The predicted molar refractivity (Wildman–Crippen MR) is 92.0 cm³/mol. The van der Waals surface area contributed by atoms with Crippen molar-refractivity contribution in [3.8, 4) is 5.75 Å². The Bertz CT molecular complexity index is 952. The van der Waals surface area contributed by atoms with Crippen molar-refractivity contribution in [1.82, 2.24) is 4.98 Å². The minimum absolute atomic E-state index is 0.0835. The molecule has 0 radical (unpaired) electrons. The van der Waals surface area contributed by atoms with E-state index in [4.69, 9.17) is 4.74 Å². The average Bonchev–Trinajstić information content (AvgIpc) is 2.96. The number of benzene rings is 2. The Hall–Kier alpha value is -3.00. The Labute approximate surface area is 141 Å². The van der Waals surface area contributed by atoms with Gasteiger partial charge in [-0.25, -0.2) is 4.98 Å². The molecule has 122 valence electrons. The summed E-state index contributed by atoms with van der Waals surface area (Å²) in [5.74, 6) is 0.0208. The molecule has 8 heteroatoms. The zero-order valence-electron chi connectivity index (χ0n) is 12.9. The van der Waals surface area contributed by atoms with E-state index >= 15 is 0 Å². The molecule has 0 aliphatic carbocycles. The first-order valence-corrected chi connectivity index (χ1v) is 7.81. The van der Waals surface area contributed by atoms with Crippen LogP contribution >= 0.6 is 11.3 Å². The molecule has 0 fully saturated rings. The van der Waals surface area contributed by atoms with Gasteiger partial charge in [-0.15, -0.1) is 0 Å². The maximum atomic E-state index is 12.4. The summed E-state index contributed by atoms with van der Waals surface area (Å²) in [5, 5.41) is 14.1. The third-order valence-corrected chi connectivity index (χ3v) is 4.40. The van der Waals surface area contributed by atoms with E-state index in [1.54, 1.807) is 12.1 Å². The Balaban J connectivity index is 1.98. The lowest BCUT2D eigenvalue weighted by atomic mass is 10.1. The van der Waals surface area contributed by atoms with Crippen molar-refractivity contribution >= 4 is 38.3 Å². The maximum absolute atomic E-state index is 12.4. The van der Waals surface area contributed by atoms with Crippen molar-refractivity contribution in [2.75, 3.05) is 12.4 Å². The molecule has 0 aliphatic rings. The molecule has 1 N–H and O–H groups in total.